The minimum Gasteiger partial charge on any atom is -0.459 e. The van der Waals surface area contributed by atoms with Crippen LogP contribution in [-0.2, 0) is 11.3 Å². The number of carbonyl (C=O) groups is 1. The van der Waals surface area contributed by atoms with Crippen LogP contribution in [0.3, 0.4) is 0 Å². The first-order valence-corrected chi connectivity index (χ1v) is 7.86. The first kappa shape index (κ1) is 15.3. The van der Waals surface area contributed by atoms with Gasteiger partial charge in [0.2, 0.25) is 5.91 Å². The van der Waals surface area contributed by atoms with Crippen LogP contribution in [0, 0.1) is 0 Å². The van der Waals surface area contributed by atoms with E-state index in [0.29, 0.717) is 6.42 Å². The van der Waals surface area contributed by atoms with Crippen molar-refractivity contribution >= 4 is 16.9 Å². The van der Waals surface area contributed by atoms with Crippen molar-refractivity contribution in [1.29, 1.82) is 0 Å². The van der Waals surface area contributed by atoms with Gasteiger partial charge < -0.3 is 9.32 Å². The molecule has 1 amide bonds. The van der Waals surface area contributed by atoms with E-state index in [9.17, 15) is 4.79 Å². The minimum atomic E-state index is -0.0837. The van der Waals surface area contributed by atoms with Crippen molar-refractivity contribution in [3.8, 4) is 0 Å². The smallest absolute Gasteiger partial charge is 0.222 e. The van der Waals surface area contributed by atoms with Crippen LogP contribution >= 0.6 is 0 Å². The zero-order valence-electron chi connectivity index (χ0n) is 13.5. The maximum Gasteiger partial charge on any atom is 0.222 e. The highest BCUT2D eigenvalue weighted by Gasteiger charge is 2.20. The monoisotopic (exact) mass is 311 g/mol. The van der Waals surface area contributed by atoms with Crippen LogP contribution < -0.4 is 0 Å². The molecule has 0 saturated heterocycles. The molecule has 3 rings (SSSR count). The highest BCUT2D eigenvalue weighted by Crippen LogP contribution is 2.27. The first-order valence-electron chi connectivity index (χ1n) is 7.86. The van der Waals surface area contributed by atoms with Crippen molar-refractivity contribution in [2.45, 2.75) is 32.4 Å². The minimum absolute atomic E-state index is 0.0837. The maximum atomic E-state index is 12.4. The van der Waals surface area contributed by atoms with E-state index in [1.165, 1.54) is 0 Å². The van der Waals surface area contributed by atoms with Crippen molar-refractivity contribution in [3.63, 3.8) is 0 Å². The zero-order chi connectivity index (χ0) is 16.2. The Morgan fingerprint density at radius 1 is 1.35 bits per heavy atom. The van der Waals surface area contributed by atoms with E-state index in [1.54, 1.807) is 11.1 Å². The maximum absolute atomic E-state index is 12.4. The van der Waals surface area contributed by atoms with Gasteiger partial charge in [-0.3, -0.25) is 9.48 Å². The summed E-state index contributed by atoms with van der Waals surface area (Å²) in [6, 6.07) is 11.7. The van der Waals surface area contributed by atoms with Crippen molar-refractivity contribution in [2.75, 3.05) is 7.05 Å². The molecule has 0 bridgehead atoms. The van der Waals surface area contributed by atoms with E-state index < -0.39 is 0 Å². The second kappa shape index (κ2) is 6.69. The number of hydrogen-bond donors (Lipinski definition) is 0. The Balaban J connectivity index is 1.59. The van der Waals surface area contributed by atoms with Gasteiger partial charge in [-0.2, -0.15) is 5.10 Å². The molecular weight excluding hydrogens is 290 g/mol. The molecule has 0 spiro atoms. The number of amides is 1. The summed E-state index contributed by atoms with van der Waals surface area (Å²) in [5.41, 5.74) is 0.855. The molecule has 0 N–H and O–H groups in total. The second-order valence-electron chi connectivity index (χ2n) is 5.74. The summed E-state index contributed by atoms with van der Waals surface area (Å²) in [4.78, 5) is 14.1. The molecule has 0 radical (unpaired) electrons. The summed E-state index contributed by atoms with van der Waals surface area (Å²) in [6.45, 7) is 2.74. The quantitative estimate of drug-likeness (QED) is 0.698. The number of hydrogen-bond acceptors (Lipinski definition) is 3. The number of furan rings is 1. The normalized spacial score (nSPS) is 12.4. The van der Waals surface area contributed by atoms with Gasteiger partial charge in [0.1, 0.15) is 11.3 Å². The SMILES string of the molecule is C[C@@H](c1cc2ccccc2o1)N(C)C(=O)CCCn1cccn1. The van der Waals surface area contributed by atoms with Gasteiger partial charge >= 0.3 is 0 Å². The van der Waals surface area contributed by atoms with Crippen LogP contribution in [0.4, 0.5) is 0 Å². The van der Waals surface area contributed by atoms with E-state index in [-0.39, 0.29) is 11.9 Å². The van der Waals surface area contributed by atoms with E-state index in [1.807, 2.05) is 61.2 Å². The van der Waals surface area contributed by atoms with Gasteiger partial charge in [-0.15, -0.1) is 0 Å². The Morgan fingerprint density at radius 2 is 2.17 bits per heavy atom. The fourth-order valence-electron chi connectivity index (χ4n) is 2.62. The molecule has 5 nitrogen and oxygen atoms in total. The molecule has 0 fully saturated rings. The third-order valence-electron chi connectivity index (χ3n) is 4.17. The zero-order valence-corrected chi connectivity index (χ0v) is 13.5. The Bertz CT molecular complexity index is 744. The summed E-state index contributed by atoms with van der Waals surface area (Å²) in [7, 11) is 1.83. The highest BCUT2D eigenvalue weighted by molar-refractivity contribution is 5.79. The molecule has 23 heavy (non-hydrogen) atoms. The number of benzene rings is 1. The number of aryl methyl sites for hydroxylation is 1. The summed E-state index contributed by atoms with van der Waals surface area (Å²) in [6.07, 6.45) is 4.93. The van der Waals surface area contributed by atoms with E-state index in [0.717, 1.165) is 29.7 Å². The predicted molar refractivity (Wildman–Crippen MR) is 88.9 cm³/mol. The van der Waals surface area contributed by atoms with Gasteiger partial charge in [0.05, 0.1) is 6.04 Å². The molecule has 120 valence electrons. The number of nitrogens with zero attached hydrogens (tertiary/aromatic N) is 3. The van der Waals surface area contributed by atoms with Crippen LogP contribution in [0.15, 0.2) is 53.2 Å². The predicted octanol–water partition coefficient (Wildman–Crippen LogP) is 3.63. The molecule has 0 aliphatic heterocycles. The van der Waals surface area contributed by atoms with Crippen molar-refractivity contribution < 1.29 is 9.21 Å². The average Bonchev–Trinajstić information content (AvgIpc) is 3.22. The van der Waals surface area contributed by atoms with E-state index >= 15 is 0 Å². The lowest BCUT2D eigenvalue weighted by molar-refractivity contribution is -0.132. The van der Waals surface area contributed by atoms with Crippen LogP contribution in [0.25, 0.3) is 11.0 Å². The second-order valence-corrected chi connectivity index (χ2v) is 5.74. The first-order chi connectivity index (χ1) is 11.1. The molecule has 2 aromatic heterocycles. The number of aromatic nitrogens is 2. The topological polar surface area (TPSA) is 51.3 Å². The van der Waals surface area contributed by atoms with Crippen molar-refractivity contribution in [3.05, 3.63) is 54.6 Å². The van der Waals surface area contributed by atoms with Crippen LogP contribution in [-0.4, -0.2) is 27.6 Å². The Labute approximate surface area is 135 Å². The molecule has 1 aromatic carbocycles. The van der Waals surface area contributed by atoms with Gasteiger partial charge in [-0.05, 0) is 31.5 Å². The Kier molecular flexibility index (Phi) is 4.46. The third-order valence-corrected chi connectivity index (χ3v) is 4.17. The Hall–Kier alpha value is -2.56. The van der Waals surface area contributed by atoms with Gasteiger partial charge in [0, 0.05) is 37.8 Å². The largest absolute Gasteiger partial charge is 0.459 e. The van der Waals surface area contributed by atoms with E-state index in [2.05, 4.69) is 5.10 Å². The van der Waals surface area contributed by atoms with Crippen LogP contribution in [0.2, 0.25) is 0 Å². The summed E-state index contributed by atoms with van der Waals surface area (Å²) < 4.78 is 7.70. The molecule has 0 unspecified atom stereocenters. The fourth-order valence-corrected chi connectivity index (χ4v) is 2.62. The number of carbonyl (C=O) groups excluding carboxylic acids is 1. The van der Waals surface area contributed by atoms with E-state index in [4.69, 9.17) is 4.42 Å². The third kappa shape index (κ3) is 3.44. The summed E-state index contributed by atoms with van der Waals surface area (Å²) in [5, 5.41) is 5.21. The van der Waals surface area contributed by atoms with Crippen molar-refractivity contribution in [1.82, 2.24) is 14.7 Å². The lowest BCUT2D eigenvalue weighted by Gasteiger charge is -2.23. The fraction of sp³-hybridized carbons (Fsp3) is 0.333. The van der Waals surface area contributed by atoms with Crippen LogP contribution in [0.5, 0.6) is 0 Å². The van der Waals surface area contributed by atoms with Gasteiger partial charge in [-0.25, -0.2) is 0 Å². The number of fused-ring (bicyclic) bond motifs is 1. The lowest BCUT2D eigenvalue weighted by atomic mass is 10.2. The molecule has 0 saturated carbocycles. The molecule has 3 aromatic rings. The molecule has 1 atom stereocenters. The highest BCUT2D eigenvalue weighted by atomic mass is 16.3. The molecule has 0 aliphatic rings. The molecule has 5 heteroatoms. The van der Waals surface area contributed by atoms with Gasteiger partial charge in [-0.1, -0.05) is 18.2 Å². The average molecular weight is 311 g/mol. The lowest BCUT2D eigenvalue weighted by Crippen LogP contribution is -2.29. The number of para-hydroxylation sites is 1. The number of rotatable bonds is 6. The molecular formula is C18H21N3O2. The van der Waals surface area contributed by atoms with Gasteiger partial charge in [0.25, 0.3) is 0 Å². The summed E-state index contributed by atoms with van der Waals surface area (Å²) >= 11 is 0. The molecule has 2 heterocycles. The van der Waals surface area contributed by atoms with Crippen molar-refractivity contribution in [2.24, 2.45) is 0 Å². The molecule has 0 aliphatic carbocycles. The standard InChI is InChI=1S/C18H21N3O2/c1-14(17-13-15-7-3-4-8-16(15)23-17)20(2)18(22)9-5-11-21-12-6-10-19-21/h3-4,6-8,10,12-14H,5,9,11H2,1-2H3/t14-/m0/s1. The van der Waals surface area contributed by atoms with Gasteiger partial charge in [0.15, 0.2) is 0 Å². The Morgan fingerprint density at radius 3 is 2.91 bits per heavy atom. The summed E-state index contributed by atoms with van der Waals surface area (Å²) in [5.74, 6) is 0.930. The van der Waals surface area contributed by atoms with Crippen LogP contribution in [0.1, 0.15) is 31.6 Å².